The number of rotatable bonds is 4. The third-order valence-corrected chi connectivity index (χ3v) is 3.02. The first-order valence-corrected chi connectivity index (χ1v) is 6.78. The summed E-state index contributed by atoms with van der Waals surface area (Å²) in [6, 6.07) is 13.7. The zero-order chi connectivity index (χ0) is 15.1. The van der Waals surface area contributed by atoms with E-state index in [-0.39, 0.29) is 0 Å². The molecule has 0 saturated heterocycles. The molecule has 3 heteroatoms. The number of hydrogen-bond donors (Lipinski definition) is 1. The summed E-state index contributed by atoms with van der Waals surface area (Å²) in [6.07, 6.45) is 0. The number of hydrogen-bond acceptors (Lipinski definition) is 3. The first-order chi connectivity index (χ1) is 10.2. The molecule has 0 aromatic heterocycles. The average Bonchev–Trinajstić information content (AvgIpc) is 2.52. The van der Waals surface area contributed by atoms with Crippen LogP contribution in [0.2, 0.25) is 0 Å². The van der Waals surface area contributed by atoms with E-state index in [4.69, 9.17) is 15.2 Å². The van der Waals surface area contributed by atoms with E-state index >= 15 is 0 Å². The zero-order valence-electron chi connectivity index (χ0n) is 12.3. The summed E-state index contributed by atoms with van der Waals surface area (Å²) in [5.41, 5.74) is 8.49. The fourth-order valence-corrected chi connectivity index (χ4v) is 1.97. The standard InChI is InChI=1S/C18H19NO2/c1-14-5-10-18(20-2)16(12-14)13-21-17-8-6-15(7-9-17)4-3-11-19/h5-10,12H,11,13,19H2,1-2H3. The maximum Gasteiger partial charge on any atom is 0.125 e. The van der Waals surface area contributed by atoms with Crippen molar-refractivity contribution in [2.45, 2.75) is 13.5 Å². The predicted octanol–water partition coefficient (Wildman–Crippen LogP) is 2.89. The number of aryl methyl sites for hydroxylation is 1. The molecule has 0 spiro atoms. The van der Waals surface area contributed by atoms with Crippen LogP contribution in [0.5, 0.6) is 11.5 Å². The number of methoxy groups -OCH3 is 1. The molecule has 3 nitrogen and oxygen atoms in total. The van der Waals surface area contributed by atoms with Crippen LogP contribution in [0.25, 0.3) is 0 Å². The third kappa shape index (κ3) is 4.27. The zero-order valence-corrected chi connectivity index (χ0v) is 12.3. The van der Waals surface area contributed by atoms with E-state index in [9.17, 15) is 0 Å². The first-order valence-electron chi connectivity index (χ1n) is 6.78. The van der Waals surface area contributed by atoms with Crippen molar-refractivity contribution >= 4 is 0 Å². The number of ether oxygens (including phenoxy) is 2. The van der Waals surface area contributed by atoms with Gasteiger partial charge in [-0.3, -0.25) is 0 Å². The fraction of sp³-hybridized carbons (Fsp3) is 0.222. The van der Waals surface area contributed by atoms with Crippen molar-refractivity contribution in [2.75, 3.05) is 13.7 Å². The van der Waals surface area contributed by atoms with Gasteiger partial charge in [-0.25, -0.2) is 0 Å². The molecule has 0 amide bonds. The maximum absolute atomic E-state index is 5.80. The largest absolute Gasteiger partial charge is 0.496 e. The third-order valence-electron chi connectivity index (χ3n) is 3.02. The molecule has 0 aliphatic carbocycles. The Morgan fingerprint density at radius 3 is 2.52 bits per heavy atom. The summed E-state index contributed by atoms with van der Waals surface area (Å²) in [5.74, 6) is 7.45. The molecule has 2 aromatic carbocycles. The molecule has 2 N–H and O–H groups in total. The molecule has 0 bridgehead atoms. The van der Waals surface area contributed by atoms with Gasteiger partial charge in [0.25, 0.3) is 0 Å². The summed E-state index contributed by atoms with van der Waals surface area (Å²) in [6.45, 7) is 2.89. The van der Waals surface area contributed by atoms with Gasteiger partial charge in [-0.1, -0.05) is 23.5 Å². The second-order valence-electron chi connectivity index (χ2n) is 4.63. The Morgan fingerprint density at radius 1 is 1.10 bits per heavy atom. The maximum atomic E-state index is 5.80. The van der Waals surface area contributed by atoms with Gasteiger partial charge in [0.1, 0.15) is 18.1 Å². The Balaban J connectivity index is 2.04. The van der Waals surface area contributed by atoms with Crippen molar-refractivity contribution in [2.24, 2.45) is 5.73 Å². The highest BCUT2D eigenvalue weighted by Crippen LogP contribution is 2.22. The Kier molecular flexibility index (Phi) is 5.25. The highest BCUT2D eigenvalue weighted by atomic mass is 16.5. The van der Waals surface area contributed by atoms with E-state index in [0.29, 0.717) is 13.2 Å². The van der Waals surface area contributed by atoms with Crippen LogP contribution in [0.1, 0.15) is 16.7 Å². The van der Waals surface area contributed by atoms with Crippen molar-refractivity contribution in [1.82, 2.24) is 0 Å². The van der Waals surface area contributed by atoms with Crippen LogP contribution in [0.15, 0.2) is 42.5 Å². The van der Waals surface area contributed by atoms with E-state index < -0.39 is 0 Å². The van der Waals surface area contributed by atoms with E-state index in [1.54, 1.807) is 7.11 Å². The number of benzene rings is 2. The highest BCUT2D eigenvalue weighted by molar-refractivity contribution is 5.39. The van der Waals surface area contributed by atoms with Gasteiger partial charge in [-0.15, -0.1) is 0 Å². The van der Waals surface area contributed by atoms with E-state index in [1.807, 2.05) is 43.3 Å². The van der Waals surface area contributed by atoms with Crippen molar-refractivity contribution in [1.29, 1.82) is 0 Å². The SMILES string of the molecule is COc1ccc(C)cc1COc1ccc(C#CCN)cc1. The summed E-state index contributed by atoms with van der Waals surface area (Å²) < 4.78 is 11.1. The fourth-order valence-electron chi connectivity index (χ4n) is 1.97. The van der Waals surface area contributed by atoms with Crippen molar-refractivity contribution in [3.63, 3.8) is 0 Å². The van der Waals surface area contributed by atoms with Gasteiger partial charge in [0.05, 0.1) is 13.7 Å². The van der Waals surface area contributed by atoms with Gasteiger partial charge in [0, 0.05) is 11.1 Å². The molecule has 0 heterocycles. The van der Waals surface area contributed by atoms with E-state index in [1.165, 1.54) is 5.56 Å². The van der Waals surface area contributed by atoms with Crippen molar-refractivity contribution < 1.29 is 9.47 Å². The van der Waals surface area contributed by atoms with Crippen LogP contribution in [-0.2, 0) is 6.61 Å². The highest BCUT2D eigenvalue weighted by Gasteiger charge is 2.04. The summed E-state index contributed by atoms with van der Waals surface area (Å²) in [5, 5.41) is 0. The smallest absolute Gasteiger partial charge is 0.125 e. The molecule has 0 unspecified atom stereocenters. The lowest BCUT2D eigenvalue weighted by atomic mass is 10.1. The molecule has 108 valence electrons. The van der Waals surface area contributed by atoms with Gasteiger partial charge < -0.3 is 15.2 Å². The van der Waals surface area contributed by atoms with Crippen LogP contribution < -0.4 is 15.2 Å². The van der Waals surface area contributed by atoms with E-state index in [2.05, 4.69) is 17.9 Å². The molecule has 0 fully saturated rings. The average molecular weight is 281 g/mol. The van der Waals surface area contributed by atoms with Gasteiger partial charge in [0.2, 0.25) is 0 Å². The monoisotopic (exact) mass is 281 g/mol. The summed E-state index contributed by atoms with van der Waals surface area (Å²) in [4.78, 5) is 0. The van der Waals surface area contributed by atoms with Crippen LogP contribution in [0, 0.1) is 18.8 Å². The quantitative estimate of drug-likeness (QED) is 0.876. The summed E-state index contributed by atoms with van der Waals surface area (Å²) >= 11 is 0. The molecule has 0 radical (unpaired) electrons. The number of nitrogens with two attached hydrogens (primary N) is 1. The molecular weight excluding hydrogens is 262 g/mol. The van der Waals surface area contributed by atoms with Crippen molar-refractivity contribution in [3.8, 4) is 23.3 Å². The topological polar surface area (TPSA) is 44.5 Å². The van der Waals surface area contributed by atoms with Gasteiger partial charge in [-0.05, 0) is 43.3 Å². The van der Waals surface area contributed by atoms with Gasteiger partial charge >= 0.3 is 0 Å². The molecular formula is C18H19NO2. The van der Waals surface area contributed by atoms with E-state index in [0.717, 1.165) is 22.6 Å². The van der Waals surface area contributed by atoms with Crippen LogP contribution in [0.4, 0.5) is 0 Å². The minimum atomic E-state index is 0.366. The lowest BCUT2D eigenvalue weighted by Gasteiger charge is -2.11. The first kappa shape index (κ1) is 15.0. The molecule has 0 saturated carbocycles. The van der Waals surface area contributed by atoms with Crippen LogP contribution in [-0.4, -0.2) is 13.7 Å². The second kappa shape index (κ2) is 7.37. The Labute approximate surface area is 125 Å². The lowest BCUT2D eigenvalue weighted by molar-refractivity contribution is 0.296. The van der Waals surface area contributed by atoms with Crippen molar-refractivity contribution in [3.05, 3.63) is 59.2 Å². The Bertz CT molecular complexity index is 651. The molecule has 0 atom stereocenters. The molecule has 2 rings (SSSR count). The van der Waals surface area contributed by atoms with Crippen LogP contribution in [0.3, 0.4) is 0 Å². The lowest BCUT2D eigenvalue weighted by Crippen LogP contribution is -1.99. The minimum Gasteiger partial charge on any atom is -0.496 e. The Morgan fingerprint density at radius 2 is 1.86 bits per heavy atom. The predicted molar refractivity (Wildman–Crippen MR) is 84.4 cm³/mol. The Hall–Kier alpha value is -2.44. The molecule has 0 aliphatic rings. The van der Waals surface area contributed by atoms with Crippen LogP contribution >= 0.6 is 0 Å². The normalized spacial score (nSPS) is 9.67. The van der Waals surface area contributed by atoms with Gasteiger partial charge in [-0.2, -0.15) is 0 Å². The molecule has 21 heavy (non-hydrogen) atoms. The summed E-state index contributed by atoms with van der Waals surface area (Å²) in [7, 11) is 1.67. The minimum absolute atomic E-state index is 0.366. The molecule has 2 aromatic rings. The van der Waals surface area contributed by atoms with Gasteiger partial charge in [0.15, 0.2) is 0 Å². The second-order valence-corrected chi connectivity index (χ2v) is 4.63. The molecule has 0 aliphatic heterocycles.